The highest BCUT2D eigenvalue weighted by Crippen LogP contribution is 2.24. The first-order valence-corrected chi connectivity index (χ1v) is 15.4. The van der Waals surface area contributed by atoms with Crippen LogP contribution in [0.15, 0.2) is 77.0 Å². The second-order valence-electron chi connectivity index (χ2n) is 10.1. The Morgan fingerprint density at radius 2 is 1.18 bits per heavy atom. The Morgan fingerprint density at radius 3 is 1.73 bits per heavy atom. The lowest BCUT2D eigenvalue weighted by molar-refractivity contribution is -0.384. The molecule has 0 heterocycles. The predicted molar refractivity (Wildman–Crippen MR) is 170 cm³/mol. The van der Waals surface area contributed by atoms with Crippen molar-refractivity contribution in [2.24, 2.45) is 10.2 Å². The quantitative estimate of drug-likeness (QED) is 0.0401. The van der Waals surface area contributed by atoms with Gasteiger partial charge in [0, 0.05) is 12.1 Å². The number of hydrogen-bond donors (Lipinski definition) is 0. The zero-order valence-electron chi connectivity index (χ0n) is 25.9. The van der Waals surface area contributed by atoms with E-state index in [-0.39, 0.29) is 30.0 Å². The number of hydrogen-bond acceptors (Lipinski definition) is 10. The summed E-state index contributed by atoms with van der Waals surface area (Å²) in [6, 6.07) is 17.9. The van der Waals surface area contributed by atoms with E-state index in [4.69, 9.17) is 18.9 Å². The lowest BCUT2D eigenvalue weighted by Crippen LogP contribution is -2.11. The minimum absolute atomic E-state index is 0.0144. The molecular weight excluding hydrogens is 578 g/mol. The van der Waals surface area contributed by atoms with Crippen molar-refractivity contribution in [2.45, 2.75) is 65.2 Å². The molecular formula is C34H41N3O8. The molecule has 240 valence electrons. The van der Waals surface area contributed by atoms with E-state index in [1.54, 1.807) is 38.1 Å². The van der Waals surface area contributed by atoms with Gasteiger partial charge in [-0.25, -0.2) is 9.59 Å². The zero-order valence-corrected chi connectivity index (χ0v) is 25.9. The zero-order chi connectivity index (χ0) is 32.3. The first-order chi connectivity index (χ1) is 21.9. The van der Waals surface area contributed by atoms with E-state index >= 15 is 0 Å². The molecule has 0 aliphatic heterocycles. The average molecular weight is 620 g/mol. The van der Waals surface area contributed by atoms with Crippen LogP contribution in [0.25, 0.3) is 0 Å². The molecule has 0 saturated carbocycles. The number of rotatable bonds is 20. The van der Waals surface area contributed by atoms with Crippen LogP contribution in [-0.2, 0) is 9.47 Å². The molecule has 0 aromatic heterocycles. The number of non-ortho nitro benzene ring substituents is 1. The summed E-state index contributed by atoms with van der Waals surface area (Å²) in [6.07, 6.45) is 8.56. The van der Waals surface area contributed by atoms with E-state index in [9.17, 15) is 19.7 Å². The molecule has 0 bridgehead atoms. The summed E-state index contributed by atoms with van der Waals surface area (Å²) in [5.74, 6) is 0.167. The van der Waals surface area contributed by atoms with Crippen molar-refractivity contribution in [1.29, 1.82) is 0 Å². The lowest BCUT2D eigenvalue weighted by atomic mass is 10.1. The molecule has 11 nitrogen and oxygen atoms in total. The molecule has 0 spiro atoms. The number of unbranched alkanes of at least 4 members (excludes halogenated alkanes) is 7. The van der Waals surface area contributed by atoms with Crippen LogP contribution in [0.2, 0.25) is 0 Å². The van der Waals surface area contributed by atoms with E-state index in [0.717, 1.165) is 57.1 Å². The minimum atomic E-state index is -0.525. The van der Waals surface area contributed by atoms with Gasteiger partial charge in [0.15, 0.2) is 0 Å². The first-order valence-electron chi connectivity index (χ1n) is 15.4. The van der Waals surface area contributed by atoms with Crippen LogP contribution in [-0.4, -0.2) is 43.3 Å². The number of nitrogens with zero attached hydrogens (tertiary/aromatic N) is 3. The molecule has 0 saturated heterocycles. The van der Waals surface area contributed by atoms with Crippen molar-refractivity contribution in [3.8, 4) is 11.5 Å². The summed E-state index contributed by atoms with van der Waals surface area (Å²) in [6.45, 7) is 5.07. The minimum Gasteiger partial charge on any atom is -0.494 e. The number of esters is 2. The molecule has 0 aliphatic carbocycles. The van der Waals surface area contributed by atoms with Crippen LogP contribution in [0.4, 0.5) is 17.1 Å². The van der Waals surface area contributed by atoms with Gasteiger partial charge in [-0.3, -0.25) is 10.1 Å². The topological polar surface area (TPSA) is 139 Å². The molecule has 0 amide bonds. The van der Waals surface area contributed by atoms with Crippen molar-refractivity contribution in [3.05, 3.63) is 88.0 Å². The summed E-state index contributed by atoms with van der Waals surface area (Å²) >= 11 is 0. The van der Waals surface area contributed by atoms with Gasteiger partial charge < -0.3 is 18.9 Å². The van der Waals surface area contributed by atoms with E-state index in [1.807, 2.05) is 24.3 Å². The summed E-state index contributed by atoms with van der Waals surface area (Å²) in [4.78, 5) is 34.7. The van der Waals surface area contributed by atoms with Crippen LogP contribution < -0.4 is 9.47 Å². The maximum absolute atomic E-state index is 12.4. The number of azo groups is 1. The Morgan fingerprint density at radius 1 is 0.667 bits per heavy atom. The number of carbonyl (C=O) groups excluding carboxylic acids is 2. The maximum atomic E-state index is 12.4. The van der Waals surface area contributed by atoms with Gasteiger partial charge in [0.05, 0.1) is 48.3 Å². The number of benzene rings is 3. The fourth-order valence-corrected chi connectivity index (χ4v) is 4.37. The van der Waals surface area contributed by atoms with E-state index in [0.29, 0.717) is 30.3 Å². The summed E-state index contributed by atoms with van der Waals surface area (Å²) in [5.41, 5.74) is 1.73. The van der Waals surface area contributed by atoms with Crippen LogP contribution in [0, 0.1) is 10.1 Å². The molecule has 3 aromatic rings. The normalized spacial score (nSPS) is 10.9. The third-order valence-electron chi connectivity index (χ3n) is 6.73. The van der Waals surface area contributed by atoms with Crippen LogP contribution in [0.3, 0.4) is 0 Å². The highest BCUT2D eigenvalue weighted by molar-refractivity contribution is 5.97. The SMILES string of the molecule is CCOC(=O)c1ccc(OCCCCCCCCCCOc2ccc(N=Nc3ccc([N+](=O)[O-])cc3)cc2)c(C(=O)OCC)c1. The Labute approximate surface area is 263 Å². The van der Waals surface area contributed by atoms with Gasteiger partial charge >= 0.3 is 11.9 Å². The third kappa shape index (κ3) is 12.4. The molecule has 3 aromatic carbocycles. The smallest absolute Gasteiger partial charge is 0.341 e. The Balaban J connectivity index is 1.24. The number of carbonyl (C=O) groups is 2. The van der Waals surface area contributed by atoms with Gasteiger partial charge in [-0.1, -0.05) is 38.5 Å². The molecule has 0 aliphatic rings. The first kappa shape index (κ1) is 34.7. The molecule has 0 N–H and O–H groups in total. The number of ether oxygens (including phenoxy) is 4. The van der Waals surface area contributed by atoms with Gasteiger partial charge in [0.25, 0.3) is 5.69 Å². The largest absolute Gasteiger partial charge is 0.494 e. The molecule has 0 atom stereocenters. The van der Waals surface area contributed by atoms with Crippen molar-refractivity contribution >= 4 is 29.0 Å². The standard InChI is InChI=1S/C34H41N3O8/c1-3-42-33(38)26-13-22-32(31(25-26)34(39)43-4-2)45-24-12-10-8-6-5-7-9-11-23-44-30-20-16-28(17-21-30)36-35-27-14-18-29(19-15-27)37(40)41/h13-22,25H,3-12,23-24H2,1-2H3. The summed E-state index contributed by atoms with van der Waals surface area (Å²) < 4.78 is 21.8. The van der Waals surface area contributed by atoms with Gasteiger partial charge in [-0.2, -0.15) is 10.2 Å². The summed E-state index contributed by atoms with van der Waals surface area (Å²) in [5, 5.41) is 19.0. The highest BCUT2D eigenvalue weighted by atomic mass is 16.6. The van der Waals surface area contributed by atoms with Crippen LogP contribution in [0.5, 0.6) is 11.5 Å². The van der Waals surface area contributed by atoms with E-state index in [1.165, 1.54) is 18.2 Å². The fraction of sp³-hybridized carbons (Fsp3) is 0.412. The monoisotopic (exact) mass is 619 g/mol. The van der Waals surface area contributed by atoms with Crippen molar-refractivity contribution < 1.29 is 33.5 Å². The van der Waals surface area contributed by atoms with E-state index in [2.05, 4.69) is 10.2 Å². The van der Waals surface area contributed by atoms with Gasteiger partial charge in [0.1, 0.15) is 17.1 Å². The average Bonchev–Trinajstić information content (AvgIpc) is 3.05. The second kappa shape index (κ2) is 19.5. The second-order valence-corrected chi connectivity index (χ2v) is 10.1. The Bertz CT molecular complexity index is 1390. The van der Waals surface area contributed by atoms with Crippen LogP contribution in [0.1, 0.15) is 85.9 Å². The maximum Gasteiger partial charge on any atom is 0.341 e. The van der Waals surface area contributed by atoms with Crippen LogP contribution >= 0.6 is 0 Å². The molecule has 3 rings (SSSR count). The molecule has 0 radical (unpaired) electrons. The van der Waals surface area contributed by atoms with Crippen molar-refractivity contribution in [2.75, 3.05) is 26.4 Å². The molecule has 45 heavy (non-hydrogen) atoms. The summed E-state index contributed by atoms with van der Waals surface area (Å²) in [7, 11) is 0. The molecule has 0 unspecified atom stereocenters. The Kier molecular flexibility index (Phi) is 15.0. The number of nitro benzene ring substituents is 1. The third-order valence-corrected chi connectivity index (χ3v) is 6.73. The van der Waals surface area contributed by atoms with Gasteiger partial charge in [-0.15, -0.1) is 0 Å². The lowest BCUT2D eigenvalue weighted by Gasteiger charge is -2.12. The molecule has 0 fully saturated rings. The fourth-order valence-electron chi connectivity index (χ4n) is 4.37. The predicted octanol–water partition coefficient (Wildman–Crippen LogP) is 8.94. The van der Waals surface area contributed by atoms with Gasteiger partial charge in [-0.05, 0) is 81.3 Å². The van der Waals surface area contributed by atoms with Gasteiger partial charge in [0.2, 0.25) is 0 Å². The highest BCUT2D eigenvalue weighted by Gasteiger charge is 2.18. The van der Waals surface area contributed by atoms with Crippen molar-refractivity contribution in [3.63, 3.8) is 0 Å². The number of nitro groups is 1. The van der Waals surface area contributed by atoms with Crippen molar-refractivity contribution in [1.82, 2.24) is 0 Å². The Hall–Kier alpha value is -4.80. The molecule has 11 heteroatoms. The van der Waals surface area contributed by atoms with E-state index < -0.39 is 16.9 Å².